The van der Waals surface area contributed by atoms with Crippen molar-refractivity contribution < 1.29 is 4.79 Å². The van der Waals surface area contributed by atoms with Crippen LogP contribution < -0.4 is 10.6 Å². The molecule has 2 bridgehead atoms. The SMILES string of the molecule is CCN(CC)CCCCNC(=O)CC1CC2CCC(C1)N2. The molecule has 2 aliphatic heterocycles. The van der Waals surface area contributed by atoms with E-state index in [1.165, 1.54) is 32.1 Å². The first-order chi connectivity index (χ1) is 10.2. The summed E-state index contributed by atoms with van der Waals surface area (Å²) in [6.07, 6.45) is 8.05. The van der Waals surface area contributed by atoms with E-state index in [1.54, 1.807) is 0 Å². The van der Waals surface area contributed by atoms with Gasteiger partial charge in [-0.1, -0.05) is 13.8 Å². The van der Waals surface area contributed by atoms with Crippen molar-refractivity contribution in [2.45, 2.75) is 70.9 Å². The fraction of sp³-hybridized carbons (Fsp3) is 0.941. The third-order valence-corrected chi connectivity index (χ3v) is 5.16. The normalized spacial score (nSPS) is 28.0. The number of amides is 1. The number of hydrogen-bond donors (Lipinski definition) is 2. The Morgan fingerprint density at radius 1 is 1.14 bits per heavy atom. The second kappa shape index (κ2) is 8.74. The average molecular weight is 295 g/mol. The van der Waals surface area contributed by atoms with Crippen LogP contribution in [0, 0.1) is 5.92 Å². The van der Waals surface area contributed by atoms with Gasteiger partial charge in [-0.15, -0.1) is 0 Å². The highest BCUT2D eigenvalue weighted by atomic mass is 16.1. The third kappa shape index (κ3) is 5.59. The predicted molar refractivity (Wildman–Crippen MR) is 87.3 cm³/mol. The summed E-state index contributed by atoms with van der Waals surface area (Å²) in [7, 11) is 0. The van der Waals surface area contributed by atoms with Gasteiger partial charge in [0.1, 0.15) is 0 Å². The van der Waals surface area contributed by atoms with Crippen LogP contribution in [0.2, 0.25) is 0 Å². The largest absolute Gasteiger partial charge is 0.356 e. The lowest BCUT2D eigenvalue weighted by Gasteiger charge is -2.28. The molecule has 0 aromatic heterocycles. The lowest BCUT2D eigenvalue weighted by molar-refractivity contribution is -0.122. The van der Waals surface area contributed by atoms with Gasteiger partial charge in [0.05, 0.1) is 0 Å². The van der Waals surface area contributed by atoms with Gasteiger partial charge >= 0.3 is 0 Å². The molecule has 2 rings (SSSR count). The monoisotopic (exact) mass is 295 g/mol. The van der Waals surface area contributed by atoms with Crippen LogP contribution in [0.15, 0.2) is 0 Å². The van der Waals surface area contributed by atoms with Gasteiger partial charge in [0.2, 0.25) is 5.91 Å². The lowest BCUT2D eigenvalue weighted by atomic mass is 9.89. The number of rotatable bonds is 9. The minimum atomic E-state index is 0.268. The molecule has 0 aliphatic carbocycles. The topological polar surface area (TPSA) is 44.4 Å². The Bertz CT molecular complexity index is 305. The van der Waals surface area contributed by atoms with Crippen molar-refractivity contribution in [1.82, 2.24) is 15.5 Å². The third-order valence-electron chi connectivity index (χ3n) is 5.16. The smallest absolute Gasteiger partial charge is 0.220 e. The first-order valence-corrected chi connectivity index (χ1v) is 8.96. The van der Waals surface area contributed by atoms with E-state index >= 15 is 0 Å². The molecule has 0 radical (unpaired) electrons. The molecular weight excluding hydrogens is 262 g/mol. The Morgan fingerprint density at radius 3 is 2.43 bits per heavy atom. The number of unbranched alkanes of at least 4 members (excludes halogenated alkanes) is 1. The van der Waals surface area contributed by atoms with Crippen LogP contribution in [0.1, 0.15) is 58.8 Å². The van der Waals surface area contributed by atoms with Crippen LogP contribution in [0.4, 0.5) is 0 Å². The standard InChI is InChI=1S/C17H33N3O/c1-3-20(4-2)10-6-5-9-18-17(21)13-14-11-15-7-8-16(12-14)19-15/h14-16,19H,3-13H2,1-2H3,(H,18,21). The van der Waals surface area contributed by atoms with Gasteiger partial charge in [-0.25, -0.2) is 0 Å². The summed E-state index contributed by atoms with van der Waals surface area (Å²) in [5.41, 5.74) is 0. The van der Waals surface area contributed by atoms with Gasteiger partial charge in [-0.05, 0) is 64.1 Å². The fourth-order valence-electron chi connectivity index (χ4n) is 3.90. The molecule has 2 atom stereocenters. The second-order valence-corrected chi connectivity index (χ2v) is 6.76. The van der Waals surface area contributed by atoms with E-state index in [1.807, 2.05) is 0 Å². The number of piperidine rings is 1. The van der Waals surface area contributed by atoms with Crippen LogP contribution in [0.3, 0.4) is 0 Å². The summed E-state index contributed by atoms with van der Waals surface area (Å²) >= 11 is 0. The lowest BCUT2D eigenvalue weighted by Crippen LogP contribution is -2.39. The van der Waals surface area contributed by atoms with E-state index in [0.717, 1.165) is 39.0 Å². The molecular formula is C17H33N3O. The van der Waals surface area contributed by atoms with E-state index in [0.29, 0.717) is 18.0 Å². The van der Waals surface area contributed by atoms with Crippen molar-refractivity contribution in [2.75, 3.05) is 26.2 Å². The highest BCUT2D eigenvalue weighted by molar-refractivity contribution is 5.76. The van der Waals surface area contributed by atoms with E-state index in [9.17, 15) is 4.79 Å². The van der Waals surface area contributed by atoms with Crippen molar-refractivity contribution in [3.05, 3.63) is 0 Å². The van der Waals surface area contributed by atoms with E-state index in [-0.39, 0.29) is 5.91 Å². The van der Waals surface area contributed by atoms with Crippen LogP contribution >= 0.6 is 0 Å². The van der Waals surface area contributed by atoms with Crippen molar-refractivity contribution in [3.8, 4) is 0 Å². The van der Waals surface area contributed by atoms with Crippen molar-refractivity contribution in [2.24, 2.45) is 5.92 Å². The average Bonchev–Trinajstić information content (AvgIpc) is 2.82. The molecule has 2 heterocycles. The van der Waals surface area contributed by atoms with Crippen LogP contribution in [0.25, 0.3) is 0 Å². The van der Waals surface area contributed by atoms with Crippen molar-refractivity contribution >= 4 is 5.91 Å². The molecule has 2 fully saturated rings. The predicted octanol–water partition coefficient (Wildman–Crippen LogP) is 2.15. The molecule has 0 spiro atoms. The highest BCUT2D eigenvalue weighted by Crippen LogP contribution is 2.32. The number of carbonyl (C=O) groups is 1. The summed E-state index contributed by atoms with van der Waals surface area (Å²) in [4.78, 5) is 14.4. The molecule has 21 heavy (non-hydrogen) atoms. The molecule has 2 saturated heterocycles. The van der Waals surface area contributed by atoms with E-state index in [4.69, 9.17) is 0 Å². The Morgan fingerprint density at radius 2 is 1.81 bits per heavy atom. The summed E-state index contributed by atoms with van der Waals surface area (Å²) < 4.78 is 0. The summed E-state index contributed by atoms with van der Waals surface area (Å²) in [6, 6.07) is 1.38. The zero-order chi connectivity index (χ0) is 15.1. The number of fused-ring (bicyclic) bond motifs is 2. The molecule has 4 heteroatoms. The van der Waals surface area contributed by atoms with Gasteiger partial charge in [0.25, 0.3) is 0 Å². The van der Waals surface area contributed by atoms with Gasteiger partial charge in [-0.2, -0.15) is 0 Å². The molecule has 4 nitrogen and oxygen atoms in total. The minimum Gasteiger partial charge on any atom is -0.356 e. The molecule has 122 valence electrons. The quantitative estimate of drug-likeness (QED) is 0.641. The first-order valence-electron chi connectivity index (χ1n) is 8.96. The van der Waals surface area contributed by atoms with Crippen LogP contribution in [-0.4, -0.2) is 49.1 Å². The summed E-state index contributed by atoms with van der Waals surface area (Å²) in [5.74, 6) is 0.878. The Kier molecular flexibility index (Phi) is 6.97. The number of carbonyl (C=O) groups excluding carboxylic acids is 1. The maximum atomic E-state index is 12.0. The molecule has 2 N–H and O–H groups in total. The molecule has 0 saturated carbocycles. The molecule has 2 unspecified atom stereocenters. The van der Waals surface area contributed by atoms with Gasteiger partial charge in [0.15, 0.2) is 0 Å². The van der Waals surface area contributed by atoms with Gasteiger partial charge < -0.3 is 15.5 Å². The molecule has 1 amide bonds. The summed E-state index contributed by atoms with van der Waals surface area (Å²) in [6.45, 7) is 8.66. The maximum absolute atomic E-state index is 12.0. The number of nitrogens with one attached hydrogen (secondary N) is 2. The van der Waals surface area contributed by atoms with Gasteiger partial charge in [0, 0.05) is 25.0 Å². The highest BCUT2D eigenvalue weighted by Gasteiger charge is 2.33. The Balaban J connectivity index is 1.52. The zero-order valence-electron chi connectivity index (χ0n) is 13.9. The van der Waals surface area contributed by atoms with Crippen LogP contribution in [0.5, 0.6) is 0 Å². The Hall–Kier alpha value is -0.610. The van der Waals surface area contributed by atoms with Gasteiger partial charge in [-0.3, -0.25) is 4.79 Å². The van der Waals surface area contributed by atoms with E-state index < -0.39 is 0 Å². The van der Waals surface area contributed by atoms with E-state index in [2.05, 4.69) is 29.4 Å². The van der Waals surface area contributed by atoms with Crippen molar-refractivity contribution in [1.29, 1.82) is 0 Å². The zero-order valence-corrected chi connectivity index (χ0v) is 13.9. The molecule has 2 aliphatic rings. The summed E-state index contributed by atoms with van der Waals surface area (Å²) in [5, 5.41) is 6.75. The second-order valence-electron chi connectivity index (χ2n) is 6.76. The maximum Gasteiger partial charge on any atom is 0.220 e. The van der Waals surface area contributed by atoms with Crippen molar-refractivity contribution in [3.63, 3.8) is 0 Å². The Labute approximate surface area is 130 Å². The fourth-order valence-corrected chi connectivity index (χ4v) is 3.90. The van der Waals surface area contributed by atoms with Crippen LogP contribution in [-0.2, 0) is 4.79 Å². The minimum absolute atomic E-state index is 0.268. The molecule has 0 aromatic rings. The number of nitrogens with zero attached hydrogens (tertiary/aromatic N) is 1. The first kappa shape index (κ1) is 16.8. The molecule has 0 aromatic carbocycles. The number of hydrogen-bond acceptors (Lipinski definition) is 3.